The predicted octanol–water partition coefficient (Wildman–Crippen LogP) is 2.90. The van der Waals surface area contributed by atoms with E-state index in [1.807, 2.05) is 25.1 Å². The number of aromatic nitrogens is 4. The van der Waals surface area contributed by atoms with Gasteiger partial charge in [0.1, 0.15) is 12.0 Å². The zero-order valence-corrected chi connectivity index (χ0v) is 16.8. The number of hydrogen-bond acceptors (Lipinski definition) is 4. The Morgan fingerprint density at radius 1 is 1.29 bits per heavy atom. The van der Waals surface area contributed by atoms with Gasteiger partial charge < -0.3 is 10.7 Å². The fourth-order valence-corrected chi connectivity index (χ4v) is 3.80. The number of benzene rings is 1. The molecular weight excluding hydrogens is 424 g/mol. The van der Waals surface area contributed by atoms with E-state index in [0.717, 1.165) is 52.8 Å². The summed E-state index contributed by atoms with van der Waals surface area (Å²) in [5, 5.41) is 2.76. The molecule has 0 saturated carbocycles. The van der Waals surface area contributed by atoms with E-state index in [1.54, 1.807) is 4.57 Å². The van der Waals surface area contributed by atoms with Crippen molar-refractivity contribution in [2.24, 2.45) is 5.73 Å². The van der Waals surface area contributed by atoms with E-state index in [-0.39, 0.29) is 11.4 Å². The number of halogens is 1. The van der Waals surface area contributed by atoms with Gasteiger partial charge in [-0.1, -0.05) is 22.0 Å². The Labute approximate surface area is 169 Å². The van der Waals surface area contributed by atoms with Crippen molar-refractivity contribution in [1.82, 2.24) is 19.5 Å². The number of hydrogen-bond donors (Lipinski definition) is 3. The molecule has 1 aromatic carbocycles. The number of rotatable bonds is 4. The summed E-state index contributed by atoms with van der Waals surface area (Å²) in [5.41, 5.74) is 9.11. The summed E-state index contributed by atoms with van der Waals surface area (Å²) in [6.07, 6.45) is 5.43. The van der Waals surface area contributed by atoms with Crippen LogP contribution in [-0.2, 0) is 12.8 Å². The molecule has 0 fully saturated rings. The summed E-state index contributed by atoms with van der Waals surface area (Å²) in [6, 6.07) is 5.66. The van der Waals surface area contributed by atoms with Gasteiger partial charge in [-0.25, -0.2) is 9.97 Å². The second-order valence-corrected chi connectivity index (χ2v) is 7.69. The van der Waals surface area contributed by atoms with Crippen molar-refractivity contribution in [2.45, 2.75) is 32.6 Å². The molecular formula is C19H19BrN6O2. The molecule has 1 aliphatic carbocycles. The van der Waals surface area contributed by atoms with Crippen LogP contribution in [0, 0.1) is 6.92 Å². The van der Waals surface area contributed by atoms with Gasteiger partial charge in [-0.05, 0) is 50.3 Å². The van der Waals surface area contributed by atoms with Crippen molar-refractivity contribution in [3.63, 3.8) is 0 Å². The van der Waals surface area contributed by atoms with Gasteiger partial charge in [-0.15, -0.1) is 0 Å². The molecule has 8 nitrogen and oxygen atoms in total. The SMILES string of the molecule is Cc1ccc(Br)cc1-n1cnc(C(N)=O)c1C(=O)Nc1nc2c([nH]1)CCCC2. The molecule has 28 heavy (non-hydrogen) atoms. The molecule has 0 unspecified atom stereocenters. The monoisotopic (exact) mass is 442 g/mol. The number of H-pyrrole nitrogens is 1. The van der Waals surface area contributed by atoms with E-state index in [2.05, 4.69) is 36.2 Å². The van der Waals surface area contributed by atoms with Crippen LogP contribution in [0.1, 0.15) is 50.8 Å². The van der Waals surface area contributed by atoms with E-state index >= 15 is 0 Å². The summed E-state index contributed by atoms with van der Waals surface area (Å²) < 4.78 is 2.41. The number of primary amides is 1. The summed E-state index contributed by atoms with van der Waals surface area (Å²) in [4.78, 5) is 36.6. The quantitative estimate of drug-likeness (QED) is 0.575. The Kier molecular flexibility index (Phi) is 4.76. The van der Waals surface area contributed by atoms with Crippen molar-refractivity contribution >= 4 is 33.7 Å². The number of nitrogens with two attached hydrogens (primary N) is 1. The Hall–Kier alpha value is -2.94. The number of aryl methyl sites for hydroxylation is 3. The molecule has 4 N–H and O–H groups in total. The van der Waals surface area contributed by atoms with Crippen LogP contribution in [-0.4, -0.2) is 31.3 Å². The minimum absolute atomic E-state index is 0.0723. The number of carbonyl (C=O) groups excluding carboxylic acids is 2. The minimum Gasteiger partial charge on any atom is -0.364 e. The number of carbonyl (C=O) groups is 2. The Balaban J connectivity index is 1.74. The topological polar surface area (TPSA) is 119 Å². The van der Waals surface area contributed by atoms with E-state index in [0.29, 0.717) is 5.95 Å². The first-order valence-electron chi connectivity index (χ1n) is 8.97. The number of nitrogens with one attached hydrogen (secondary N) is 2. The average Bonchev–Trinajstić information content (AvgIpc) is 3.27. The zero-order chi connectivity index (χ0) is 19.8. The Morgan fingerprint density at radius 2 is 2.07 bits per heavy atom. The van der Waals surface area contributed by atoms with Gasteiger partial charge in [0.2, 0.25) is 5.95 Å². The predicted molar refractivity (Wildman–Crippen MR) is 108 cm³/mol. The fraction of sp³-hybridized carbons (Fsp3) is 0.263. The standard InChI is InChI=1S/C19H19BrN6O2/c1-10-6-7-11(20)8-14(10)26-9-22-15(17(21)27)16(26)18(28)25-19-23-12-4-2-3-5-13(12)24-19/h6-9H,2-5H2,1H3,(H2,21,27)(H2,23,24,25,28). The molecule has 2 heterocycles. The lowest BCUT2D eigenvalue weighted by molar-refractivity contribution is 0.0970. The smallest absolute Gasteiger partial charge is 0.277 e. The highest BCUT2D eigenvalue weighted by molar-refractivity contribution is 9.10. The number of amides is 2. The van der Waals surface area contributed by atoms with E-state index < -0.39 is 11.8 Å². The number of fused-ring (bicyclic) bond motifs is 1. The Bertz CT molecular complexity index is 1060. The lowest BCUT2D eigenvalue weighted by atomic mass is 10.0. The first-order chi connectivity index (χ1) is 13.4. The van der Waals surface area contributed by atoms with Crippen molar-refractivity contribution in [3.8, 4) is 5.69 Å². The minimum atomic E-state index is -0.768. The van der Waals surface area contributed by atoms with Gasteiger partial charge in [0.05, 0.1) is 11.4 Å². The number of imidazole rings is 2. The van der Waals surface area contributed by atoms with Gasteiger partial charge >= 0.3 is 0 Å². The van der Waals surface area contributed by atoms with Gasteiger partial charge in [0.25, 0.3) is 11.8 Å². The normalized spacial score (nSPS) is 13.2. The lowest BCUT2D eigenvalue weighted by Crippen LogP contribution is -2.23. The maximum atomic E-state index is 13.1. The van der Waals surface area contributed by atoms with Crippen LogP contribution in [0.25, 0.3) is 5.69 Å². The molecule has 0 spiro atoms. The summed E-state index contributed by atoms with van der Waals surface area (Å²) >= 11 is 3.44. The molecule has 0 saturated heterocycles. The van der Waals surface area contributed by atoms with Gasteiger partial charge in [0.15, 0.2) is 5.69 Å². The number of aromatic amines is 1. The largest absolute Gasteiger partial charge is 0.364 e. The summed E-state index contributed by atoms with van der Waals surface area (Å²) in [7, 11) is 0. The van der Waals surface area contributed by atoms with Crippen LogP contribution in [0.2, 0.25) is 0 Å². The lowest BCUT2D eigenvalue weighted by Gasteiger charge is -2.12. The Morgan fingerprint density at radius 3 is 2.82 bits per heavy atom. The zero-order valence-electron chi connectivity index (χ0n) is 15.3. The third-order valence-electron chi connectivity index (χ3n) is 4.83. The van der Waals surface area contributed by atoms with E-state index in [1.165, 1.54) is 6.33 Å². The molecule has 144 valence electrons. The van der Waals surface area contributed by atoms with E-state index in [9.17, 15) is 9.59 Å². The van der Waals surface area contributed by atoms with Gasteiger partial charge in [0, 0.05) is 10.2 Å². The molecule has 0 aliphatic heterocycles. The molecule has 0 bridgehead atoms. The molecule has 3 aromatic rings. The van der Waals surface area contributed by atoms with Crippen molar-refractivity contribution in [1.29, 1.82) is 0 Å². The number of nitrogens with zero attached hydrogens (tertiary/aromatic N) is 3. The average molecular weight is 443 g/mol. The molecule has 2 amide bonds. The van der Waals surface area contributed by atoms with Crippen molar-refractivity contribution < 1.29 is 9.59 Å². The fourth-order valence-electron chi connectivity index (χ4n) is 3.45. The molecule has 4 rings (SSSR count). The highest BCUT2D eigenvalue weighted by Gasteiger charge is 2.25. The van der Waals surface area contributed by atoms with Crippen LogP contribution in [0.15, 0.2) is 29.0 Å². The van der Waals surface area contributed by atoms with E-state index in [4.69, 9.17) is 5.73 Å². The molecule has 0 atom stereocenters. The first-order valence-corrected chi connectivity index (χ1v) is 9.76. The highest BCUT2D eigenvalue weighted by atomic mass is 79.9. The summed E-state index contributed by atoms with van der Waals surface area (Å²) in [5.74, 6) is -0.905. The highest BCUT2D eigenvalue weighted by Crippen LogP contribution is 2.24. The van der Waals surface area contributed by atoms with Crippen LogP contribution < -0.4 is 11.1 Å². The van der Waals surface area contributed by atoms with Crippen LogP contribution in [0.5, 0.6) is 0 Å². The molecule has 9 heteroatoms. The van der Waals surface area contributed by atoms with Crippen molar-refractivity contribution in [2.75, 3.05) is 5.32 Å². The number of anilines is 1. The molecule has 2 aromatic heterocycles. The second-order valence-electron chi connectivity index (χ2n) is 6.78. The van der Waals surface area contributed by atoms with Gasteiger partial charge in [-0.3, -0.25) is 19.5 Å². The maximum absolute atomic E-state index is 13.1. The van der Waals surface area contributed by atoms with Crippen molar-refractivity contribution in [3.05, 3.63) is 57.3 Å². The van der Waals surface area contributed by atoms with Gasteiger partial charge in [-0.2, -0.15) is 0 Å². The summed E-state index contributed by atoms with van der Waals surface area (Å²) in [6.45, 7) is 1.91. The van der Waals surface area contributed by atoms with Crippen LogP contribution >= 0.6 is 15.9 Å². The third-order valence-corrected chi connectivity index (χ3v) is 5.33. The van der Waals surface area contributed by atoms with Crippen LogP contribution in [0.3, 0.4) is 0 Å². The van der Waals surface area contributed by atoms with Crippen LogP contribution in [0.4, 0.5) is 5.95 Å². The molecule has 1 aliphatic rings. The maximum Gasteiger partial charge on any atom is 0.277 e. The second kappa shape index (κ2) is 7.23. The third kappa shape index (κ3) is 3.33. The first kappa shape index (κ1) is 18.4. The molecule has 0 radical (unpaired) electrons.